The first kappa shape index (κ1) is 18.5. The molecule has 1 aromatic rings. The van der Waals surface area contributed by atoms with Crippen molar-refractivity contribution < 1.29 is 9.59 Å². The van der Waals surface area contributed by atoms with Crippen molar-refractivity contribution in [2.45, 2.75) is 45.2 Å². The average Bonchev–Trinajstić information content (AvgIpc) is 2.59. The monoisotopic (exact) mass is 331 g/mol. The third-order valence-electron chi connectivity index (χ3n) is 4.60. The van der Waals surface area contributed by atoms with Gasteiger partial charge in [-0.05, 0) is 31.4 Å². The Balaban J connectivity index is 1.97. The number of hydrogen-bond donors (Lipinski definition) is 2. The van der Waals surface area contributed by atoms with Gasteiger partial charge in [-0.1, -0.05) is 44.2 Å². The molecule has 1 aromatic carbocycles. The summed E-state index contributed by atoms with van der Waals surface area (Å²) in [4.78, 5) is 27.1. The molecule has 0 saturated carbocycles. The number of nitrogens with zero attached hydrogens (tertiary/aromatic N) is 1. The second kappa shape index (κ2) is 8.83. The molecule has 0 spiro atoms. The van der Waals surface area contributed by atoms with Crippen molar-refractivity contribution in [3.63, 3.8) is 0 Å². The third-order valence-corrected chi connectivity index (χ3v) is 4.60. The molecule has 0 aromatic heterocycles. The minimum absolute atomic E-state index is 0.0337. The van der Waals surface area contributed by atoms with E-state index < -0.39 is 6.04 Å². The van der Waals surface area contributed by atoms with Crippen LogP contribution in [0.3, 0.4) is 0 Å². The lowest BCUT2D eigenvalue weighted by Gasteiger charge is -2.36. The summed E-state index contributed by atoms with van der Waals surface area (Å²) in [6.07, 6.45) is 2.39. The number of amides is 2. The smallest absolute Gasteiger partial charge is 0.245 e. The van der Waals surface area contributed by atoms with E-state index in [0.29, 0.717) is 19.0 Å². The highest BCUT2D eigenvalue weighted by atomic mass is 16.2. The number of likely N-dealkylation sites (tertiary alicyclic amines) is 1. The minimum Gasteiger partial charge on any atom is -0.344 e. The lowest BCUT2D eigenvalue weighted by atomic mass is 9.99. The van der Waals surface area contributed by atoms with Gasteiger partial charge in [0.15, 0.2) is 0 Å². The fourth-order valence-corrected chi connectivity index (χ4v) is 3.13. The van der Waals surface area contributed by atoms with Gasteiger partial charge in [0.25, 0.3) is 0 Å². The summed E-state index contributed by atoms with van der Waals surface area (Å²) in [5.41, 5.74) is 0.957. The van der Waals surface area contributed by atoms with Crippen molar-refractivity contribution in [1.29, 1.82) is 0 Å². The van der Waals surface area contributed by atoms with Crippen LogP contribution in [0.1, 0.15) is 32.3 Å². The molecule has 24 heavy (non-hydrogen) atoms. The Morgan fingerprint density at radius 2 is 1.96 bits per heavy atom. The summed E-state index contributed by atoms with van der Waals surface area (Å²) in [5, 5.41) is 6.19. The molecule has 0 radical (unpaired) electrons. The number of benzene rings is 1. The minimum atomic E-state index is -0.461. The zero-order chi connectivity index (χ0) is 17.5. The Kier molecular flexibility index (Phi) is 6.79. The number of nitrogens with one attached hydrogen (secondary N) is 2. The van der Waals surface area contributed by atoms with Crippen molar-refractivity contribution in [3.05, 3.63) is 35.9 Å². The van der Waals surface area contributed by atoms with Crippen molar-refractivity contribution in [3.8, 4) is 0 Å². The molecule has 1 heterocycles. The first-order valence-electron chi connectivity index (χ1n) is 8.80. The van der Waals surface area contributed by atoms with Crippen LogP contribution in [0.2, 0.25) is 0 Å². The van der Waals surface area contributed by atoms with Gasteiger partial charge in [0, 0.05) is 19.1 Å². The Morgan fingerprint density at radius 1 is 1.25 bits per heavy atom. The van der Waals surface area contributed by atoms with Gasteiger partial charge < -0.3 is 15.5 Å². The molecule has 1 aliphatic rings. The van der Waals surface area contributed by atoms with Gasteiger partial charge in [0.1, 0.15) is 6.04 Å². The summed E-state index contributed by atoms with van der Waals surface area (Å²) in [6, 6.07) is 9.49. The fraction of sp³-hybridized carbons (Fsp3) is 0.579. The van der Waals surface area contributed by atoms with Crippen LogP contribution >= 0.6 is 0 Å². The van der Waals surface area contributed by atoms with E-state index in [9.17, 15) is 9.59 Å². The summed E-state index contributed by atoms with van der Waals surface area (Å²) in [6.45, 7) is 5.44. The predicted molar refractivity (Wildman–Crippen MR) is 95.6 cm³/mol. The van der Waals surface area contributed by atoms with E-state index in [-0.39, 0.29) is 17.7 Å². The second-order valence-corrected chi connectivity index (χ2v) is 6.86. The van der Waals surface area contributed by atoms with Crippen molar-refractivity contribution >= 4 is 11.8 Å². The highest BCUT2D eigenvalue weighted by Gasteiger charge is 2.31. The Bertz CT molecular complexity index is 545. The van der Waals surface area contributed by atoms with Crippen molar-refractivity contribution in [1.82, 2.24) is 15.5 Å². The molecule has 0 aliphatic carbocycles. The second-order valence-electron chi connectivity index (χ2n) is 6.86. The number of carbonyl (C=O) groups excluding carboxylic acids is 2. The molecule has 0 bridgehead atoms. The summed E-state index contributed by atoms with van der Waals surface area (Å²) in [5.74, 6) is -0.00558. The molecule has 5 heteroatoms. The number of likely N-dealkylation sites (N-methyl/N-ethyl adjacent to an activating group) is 1. The molecular weight excluding hydrogens is 302 g/mol. The van der Waals surface area contributed by atoms with Gasteiger partial charge in [-0.2, -0.15) is 0 Å². The highest BCUT2D eigenvalue weighted by Crippen LogP contribution is 2.14. The van der Waals surface area contributed by atoms with Crippen LogP contribution in [-0.4, -0.2) is 48.9 Å². The molecule has 1 fully saturated rings. The highest BCUT2D eigenvalue weighted by molar-refractivity contribution is 5.88. The fourth-order valence-electron chi connectivity index (χ4n) is 3.13. The third kappa shape index (κ3) is 5.06. The van der Waals surface area contributed by atoms with Gasteiger partial charge in [-0.3, -0.25) is 9.59 Å². The maximum Gasteiger partial charge on any atom is 0.245 e. The maximum atomic E-state index is 12.9. The van der Waals surface area contributed by atoms with E-state index in [2.05, 4.69) is 10.6 Å². The quantitative estimate of drug-likeness (QED) is 0.832. The van der Waals surface area contributed by atoms with Crippen molar-refractivity contribution in [2.75, 3.05) is 20.1 Å². The van der Waals surface area contributed by atoms with E-state index in [4.69, 9.17) is 0 Å². The van der Waals surface area contributed by atoms with Gasteiger partial charge in [0.05, 0.1) is 6.42 Å². The van der Waals surface area contributed by atoms with Crippen LogP contribution in [0.15, 0.2) is 30.3 Å². The van der Waals surface area contributed by atoms with Crippen LogP contribution in [0.25, 0.3) is 0 Å². The standard InChI is InChI=1S/C19H29N3O2/c1-14(2)18(19(24)22-11-7-10-16(13-22)20-3)21-17(23)12-15-8-5-4-6-9-15/h4-6,8-9,14,16,18,20H,7,10-13H2,1-3H3,(H,21,23). The van der Waals surface area contributed by atoms with Crippen LogP contribution in [0.4, 0.5) is 0 Å². The Morgan fingerprint density at radius 3 is 2.58 bits per heavy atom. The molecule has 2 unspecified atom stereocenters. The molecule has 2 N–H and O–H groups in total. The summed E-state index contributed by atoms with van der Waals surface area (Å²) < 4.78 is 0. The Hall–Kier alpha value is -1.88. The van der Waals surface area contributed by atoms with Gasteiger partial charge in [-0.25, -0.2) is 0 Å². The van der Waals surface area contributed by atoms with Crippen LogP contribution in [-0.2, 0) is 16.0 Å². The van der Waals surface area contributed by atoms with E-state index in [1.54, 1.807) is 0 Å². The largest absolute Gasteiger partial charge is 0.344 e. The van der Waals surface area contributed by atoms with E-state index in [0.717, 1.165) is 24.9 Å². The average molecular weight is 331 g/mol. The van der Waals surface area contributed by atoms with Gasteiger partial charge in [0.2, 0.25) is 11.8 Å². The summed E-state index contributed by atoms with van der Waals surface area (Å²) >= 11 is 0. The van der Waals surface area contributed by atoms with Gasteiger partial charge >= 0.3 is 0 Å². The SMILES string of the molecule is CNC1CCCN(C(=O)C(NC(=O)Cc2ccccc2)C(C)C)C1. The zero-order valence-corrected chi connectivity index (χ0v) is 14.9. The topological polar surface area (TPSA) is 61.4 Å². The molecule has 2 amide bonds. The molecular formula is C19H29N3O2. The first-order valence-corrected chi connectivity index (χ1v) is 8.80. The molecule has 1 saturated heterocycles. The molecule has 2 rings (SSSR count). The van der Waals surface area contributed by atoms with E-state index in [1.807, 2.05) is 56.1 Å². The van der Waals surface area contributed by atoms with E-state index in [1.165, 1.54) is 0 Å². The lowest BCUT2D eigenvalue weighted by Crippen LogP contribution is -2.55. The number of hydrogen-bond acceptors (Lipinski definition) is 3. The molecule has 132 valence electrons. The number of carbonyl (C=O) groups is 2. The zero-order valence-electron chi connectivity index (χ0n) is 14.9. The normalized spacial score (nSPS) is 19.2. The van der Waals surface area contributed by atoms with E-state index >= 15 is 0 Å². The van der Waals surface area contributed by atoms with Crippen LogP contribution < -0.4 is 10.6 Å². The van der Waals surface area contributed by atoms with Gasteiger partial charge in [-0.15, -0.1) is 0 Å². The van der Waals surface area contributed by atoms with Crippen LogP contribution in [0.5, 0.6) is 0 Å². The maximum absolute atomic E-state index is 12.9. The molecule has 1 aliphatic heterocycles. The first-order chi connectivity index (χ1) is 11.5. The summed E-state index contributed by atoms with van der Waals surface area (Å²) in [7, 11) is 1.93. The van der Waals surface area contributed by atoms with Crippen molar-refractivity contribution in [2.24, 2.45) is 5.92 Å². The molecule has 2 atom stereocenters. The van der Waals surface area contributed by atoms with Crippen LogP contribution in [0, 0.1) is 5.92 Å². The lowest BCUT2D eigenvalue weighted by molar-refractivity contribution is -0.138. The Labute approximate surface area is 144 Å². The predicted octanol–water partition coefficient (Wildman–Crippen LogP) is 1.58. The number of rotatable bonds is 6. The molecule has 5 nitrogen and oxygen atoms in total. The number of piperidine rings is 1.